The molecule has 0 unspecified atom stereocenters. The Bertz CT molecular complexity index is 932. The molecule has 26 heavy (non-hydrogen) atoms. The zero-order chi connectivity index (χ0) is 19.3. The molecule has 0 bridgehead atoms. The first-order valence-corrected chi connectivity index (χ1v) is 6.92. The third-order valence-corrected chi connectivity index (χ3v) is 3.18. The number of alkyl halides is 3. The van der Waals surface area contributed by atoms with Gasteiger partial charge in [0.25, 0.3) is 6.47 Å². The fourth-order valence-corrected chi connectivity index (χ4v) is 2.19. The standard InChI is InChI=1S/C15H10F3N3O2.CH2O2/c16-15(17,18)23-9-2-4-13(22)10(6-9)8-1-3-12-11(5-8)14(19)21-7-20-12;2-1-3/h1-7,22H,(H2,19,20,21);1H,(H,2,3). The van der Waals surface area contributed by atoms with Gasteiger partial charge >= 0.3 is 6.36 Å². The van der Waals surface area contributed by atoms with Crippen LogP contribution in [0.1, 0.15) is 0 Å². The minimum Gasteiger partial charge on any atom is -0.507 e. The summed E-state index contributed by atoms with van der Waals surface area (Å²) >= 11 is 0. The highest BCUT2D eigenvalue weighted by molar-refractivity contribution is 5.92. The number of hydrogen-bond acceptors (Lipinski definition) is 6. The van der Waals surface area contributed by atoms with Crippen molar-refractivity contribution in [3.05, 3.63) is 42.7 Å². The van der Waals surface area contributed by atoms with Gasteiger partial charge in [-0.25, -0.2) is 9.97 Å². The molecule has 136 valence electrons. The van der Waals surface area contributed by atoms with E-state index in [-0.39, 0.29) is 23.6 Å². The molecule has 1 aromatic heterocycles. The Morgan fingerprint density at radius 3 is 2.46 bits per heavy atom. The average Bonchev–Trinajstić information content (AvgIpc) is 2.56. The molecule has 0 aliphatic rings. The van der Waals surface area contributed by atoms with Crippen molar-refractivity contribution in [2.24, 2.45) is 0 Å². The first-order valence-electron chi connectivity index (χ1n) is 6.92. The Balaban J connectivity index is 0.000000758. The Kier molecular flexibility index (Phi) is 5.45. The van der Waals surface area contributed by atoms with Crippen molar-refractivity contribution in [2.75, 3.05) is 5.73 Å². The van der Waals surface area contributed by atoms with Crippen molar-refractivity contribution >= 4 is 23.2 Å². The van der Waals surface area contributed by atoms with Crippen LogP contribution < -0.4 is 10.5 Å². The van der Waals surface area contributed by atoms with Crippen LogP contribution in [0.25, 0.3) is 22.0 Å². The van der Waals surface area contributed by atoms with E-state index in [0.717, 1.165) is 18.2 Å². The number of aromatic nitrogens is 2. The van der Waals surface area contributed by atoms with Crippen LogP contribution in [0.5, 0.6) is 11.5 Å². The van der Waals surface area contributed by atoms with Gasteiger partial charge in [0.1, 0.15) is 23.6 Å². The molecule has 0 saturated heterocycles. The fourth-order valence-electron chi connectivity index (χ4n) is 2.19. The van der Waals surface area contributed by atoms with E-state index in [1.807, 2.05) is 0 Å². The van der Waals surface area contributed by atoms with Crippen molar-refractivity contribution < 1.29 is 32.9 Å². The molecule has 1 heterocycles. The SMILES string of the molecule is Nc1ncnc2ccc(-c3cc(OC(F)(F)F)ccc3O)cc12.O=CO. The Labute approximate surface area is 144 Å². The first kappa shape index (κ1) is 18.8. The molecule has 0 atom stereocenters. The summed E-state index contributed by atoms with van der Waals surface area (Å²) in [5, 5.41) is 17.4. The number of benzene rings is 2. The highest BCUT2D eigenvalue weighted by Gasteiger charge is 2.31. The smallest absolute Gasteiger partial charge is 0.507 e. The lowest BCUT2D eigenvalue weighted by Gasteiger charge is -2.12. The van der Waals surface area contributed by atoms with E-state index in [9.17, 15) is 18.3 Å². The van der Waals surface area contributed by atoms with Crippen LogP contribution in [0.2, 0.25) is 0 Å². The number of hydrogen-bond donors (Lipinski definition) is 3. The summed E-state index contributed by atoms with van der Waals surface area (Å²) in [4.78, 5) is 16.3. The van der Waals surface area contributed by atoms with Crippen molar-refractivity contribution in [1.82, 2.24) is 9.97 Å². The van der Waals surface area contributed by atoms with Crippen molar-refractivity contribution in [2.45, 2.75) is 6.36 Å². The molecule has 0 saturated carbocycles. The maximum absolute atomic E-state index is 12.3. The number of carbonyl (C=O) groups is 1. The number of carboxylic acid groups (broad SMARTS) is 1. The van der Waals surface area contributed by atoms with Crippen molar-refractivity contribution in [3.63, 3.8) is 0 Å². The number of halogens is 3. The molecule has 0 spiro atoms. The highest BCUT2D eigenvalue weighted by atomic mass is 19.4. The number of nitrogens with zero attached hydrogens (tertiary/aromatic N) is 2. The topological polar surface area (TPSA) is 119 Å². The summed E-state index contributed by atoms with van der Waals surface area (Å²) in [6, 6.07) is 8.11. The van der Waals surface area contributed by atoms with Crippen molar-refractivity contribution in [1.29, 1.82) is 0 Å². The summed E-state index contributed by atoms with van der Waals surface area (Å²) in [6.45, 7) is -0.250. The molecule has 3 rings (SSSR count). The number of nitrogen functional groups attached to an aromatic ring is 1. The molecule has 0 fully saturated rings. The summed E-state index contributed by atoms with van der Waals surface area (Å²) in [5.74, 6) is -0.379. The lowest BCUT2D eigenvalue weighted by molar-refractivity contribution is -0.274. The Hall–Kier alpha value is -3.56. The first-order chi connectivity index (χ1) is 12.2. The van der Waals surface area contributed by atoms with E-state index in [1.165, 1.54) is 6.33 Å². The summed E-state index contributed by atoms with van der Waals surface area (Å²) in [6.07, 6.45) is -3.50. The van der Waals surface area contributed by atoms with Crippen LogP contribution in [-0.4, -0.2) is 33.0 Å². The molecule has 2 aromatic carbocycles. The largest absolute Gasteiger partial charge is 0.573 e. The van der Waals surface area contributed by atoms with Gasteiger partial charge in [0.2, 0.25) is 0 Å². The second kappa shape index (κ2) is 7.55. The zero-order valence-electron chi connectivity index (χ0n) is 12.9. The van der Waals surface area contributed by atoms with E-state index in [2.05, 4.69) is 14.7 Å². The molecule has 4 N–H and O–H groups in total. The van der Waals surface area contributed by atoms with Crippen LogP contribution in [0.4, 0.5) is 19.0 Å². The number of phenolic OH excluding ortho intramolecular Hbond substituents is 1. The number of anilines is 1. The summed E-state index contributed by atoms with van der Waals surface area (Å²) in [7, 11) is 0. The minimum absolute atomic E-state index is 0.178. The quantitative estimate of drug-likeness (QED) is 0.595. The summed E-state index contributed by atoms with van der Waals surface area (Å²) < 4.78 is 40.8. The molecule has 10 heteroatoms. The van der Waals surface area contributed by atoms with Crippen LogP contribution in [0.3, 0.4) is 0 Å². The Morgan fingerprint density at radius 2 is 1.81 bits per heavy atom. The molecule has 7 nitrogen and oxygen atoms in total. The van der Waals surface area contributed by atoms with Crippen LogP contribution >= 0.6 is 0 Å². The monoisotopic (exact) mass is 367 g/mol. The van der Waals surface area contributed by atoms with Gasteiger partial charge < -0.3 is 20.7 Å². The third-order valence-electron chi connectivity index (χ3n) is 3.18. The number of fused-ring (bicyclic) bond motifs is 1. The molecule has 3 aromatic rings. The summed E-state index contributed by atoms with van der Waals surface area (Å²) in [5.41, 5.74) is 6.99. The predicted octanol–water partition coefficient (Wildman–Crippen LogP) is 3.18. The van der Waals surface area contributed by atoms with Gasteiger partial charge in [-0.05, 0) is 35.9 Å². The van der Waals surface area contributed by atoms with Crippen LogP contribution in [0.15, 0.2) is 42.7 Å². The zero-order valence-corrected chi connectivity index (χ0v) is 12.9. The van der Waals surface area contributed by atoms with Gasteiger partial charge in [0.05, 0.1) is 5.52 Å². The van der Waals surface area contributed by atoms with Gasteiger partial charge in [-0.15, -0.1) is 13.2 Å². The molecule has 0 aliphatic heterocycles. The van der Waals surface area contributed by atoms with E-state index < -0.39 is 12.1 Å². The Morgan fingerprint density at radius 1 is 1.12 bits per heavy atom. The van der Waals surface area contributed by atoms with E-state index in [0.29, 0.717) is 16.5 Å². The van der Waals surface area contributed by atoms with E-state index in [1.54, 1.807) is 18.2 Å². The van der Waals surface area contributed by atoms with Crippen molar-refractivity contribution in [3.8, 4) is 22.6 Å². The minimum atomic E-state index is -4.81. The van der Waals surface area contributed by atoms with E-state index >= 15 is 0 Å². The maximum atomic E-state index is 12.3. The molecular weight excluding hydrogens is 355 g/mol. The van der Waals surface area contributed by atoms with E-state index in [4.69, 9.17) is 15.6 Å². The number of rotatable bonds is 2. The van der Waals surface area contributed by atoms with Gasteiger partial charge in [-0.2, -0.15) is 0 Å². The second-order valence-electron chi connectivity index (χ2n) is 4.82. The van der Waals surface area contributed by atoms with Gasteiger partial charge in [-0.1, -0.05) is 6.07 Å². The second-order valence-corrected chi connectivity index (χ2v) is 4.82. The number of phenols is 1. The normalized spacial score (nSPS) is 10.7. The molecular formula is C16H12F3N3O4. The van der Waals surface area contributed by atoms with Gasteiger partial charge in [0.15, 0.2) is 0 Å². The van der Waals surface area contributed by atoms with Gasteiger partial charge in [-0.3, -0.25) is 4.79 Å². The average molecular weight is 367 g/mol. The maximum Gasteiger partial charge on any atom is 0.573 e. The van der Waals surface area contributed by atoms with Crippen LogP contribution in [-0.2, 0) is 4.79 Å². The van der Waals surface area contributed by atoms with Gasteiger partial charge in [0, 0.05) is 10.9 Å². The molecule has 0 amide bonds. The fraction of sp³-hybridized carbons (Fsp3) is 0.0625. The number of nitrogens with two attached hydrogens (primary N) is 1. The number of ether oxygens (including phenoxy) is 1. The predicted molar refractivity (Wildman–Crippen MR) is 86.4 cm³/mol. The number of aromatic hydroxyl groups is 1. The lowest BCUT2D eigenvalue weighted by atomic mass is 10.0. The lowest BCUT2D eigenvalue weighted by Crippen LogP contribution is -2.17. The molecule has 0 radical (unpaired) electrons. The van der Waals surface area contributed by atoms with Crippen LogP contribution in [0, 0.1) is 0 Å². The molecule has 0 aliphatic carbocycles. The third kappa shape index (κ3) is 4.50. The highest BCUT2D eigenvalue weighted by Crippen LogP contribution is 2.36.